The number of benzene rings is 1. The van der Waals surface area contributed by atoms with Crippen molar-refractivity contribution in [3.05, 3.63) is 29.8 Å². The summed E-state index contributed by atoms with van der Waals surface area (Å²) in [4.78, 5) is 4.43. The Bertz CT molecular complexity index is 449. The fraction of sp³-hybridized carbons (Fsp3) is 0.647. The Balaban J connectivity index is 1.88. The molecule has 0 bridgehead atoms. The van der Waals surface area contributed by atoms with Gasteiger partial charge in [-0.05, 0) is 20.0 Å². The Labute approximate surface area is 133 Å². The zero-order valence-corrected chi connectivity index (χ0v) is 13.9. The number of para-hydroxylation sites is 1. The third-order valence-corrected chi connectivity index (χ3v) is 4.32. The Kier molecular flexibility index (Phi) is 6.64. The van der Waals surface area contributed by atoms with Crippen LogP contribution in [0.1, 0.15) is 18.5 Å². The van der Waals surface area contributed by atoms with Crippen LogP contribution in [0, 0.1) is 0 Å². The molecule has 1 aromatic carbocycles. The third-order valence-electron chi connectivity index (χ3n) is 4.32. The highest BCUT2D eigenvalue weighted by atomic mass is 16.5. The van der Waals surface area contributed by atoms with Crippen LogP contribution in [0.2, 0.25) is 0 Å². The van der Waals surface area contributed by atoms with E-state index in [-0.39, 0.29) is 12.1 Å². The van der Waals surface area contributed by atoms with Crippen molar-refractivity contribution in [1.82, 2.24) is 9.80 Å². The molecule has 2 rings (SSSR count). The lowest BCUT2D eigenvalue weighted by Crippen LogP contribution is -2.44. The van der Waals surface area contributed by atoms with Gasteiger partial charge in [0.25, 0.3) is 0 Å². The second-order valence-electron chi connectivity index (χ2n) is 5.92. The number of β-amino-alcohol motifs (C(OH)–C–C–N with tert-alkyl or cyclic N) is 1. The standard InChI is InChI=1S/C17H28N2O3/c1-14(16-6-4-5-7-17(16)21-3)18(2)12-15(20)13-19-8-10-22-11-9-19/h4-7,14-15,20H,8-13H2,1-3H3. The second-order valence-corrected chi connectivity index (χ2v) is 5.92. The van der Waals surface area contributed by atoms with E-state index in [9.17, 15) is 5.11 Å². The average molecular weight is 308 g/mol. The molecule has 5 nitrogen and oxygen atoms in total. The molecular formula is C17H28N2O3. The predicted octanol–water partition coefficient (Wildman–Crippen LogP) is 1.38. The molecule has 1 aromatic rings. The molecule has 0 amide bonds. The van der Waals surface area contributed by atoms with Crippen molar-refractivity contribution in [2.75, 3.05) is 53.6 Å². The molecule has 0 aromatic heterocycles. The van der Waals surface area contributed by atoms with Crippen molar-refractivity contribution in [2.45, 2.75) is 19.1 Å². The predicted molar refractivity (Wildman–Crippen MR) is 87.3 cm³/mol. The van der Waals surface area contributed by atoms with Crippen LogP contribution in [0.5, 0.6) is 5.75 Å². The number of hydrogen-bond acceptors (Lipinski definition) is 5. The topological polar surface area (TPSA) is 45.2 Å². The van der Waals surface area contributed by atoms with E-state index in [4.69, 9.17) is 9.47 Å². The van der Waals surface area contributed by atoms with Gasteiger partial charge in [-0.3, -0.25) is 9.80 Å². The molecule has 0 radical (unpaired) electrons. The first kappa shape index (κ1) is 17.2. The van der Waals surface area contributed by atoms with E-state index >= 15 is 0 Å². The van der Waals surface area contributed by atoms with Crippen molar-refractivity contribution in [2.24, 2.45) is 0 Å². The average Bonchev–Trinajstić information content (AvgIpc) is 2.54. The van der Waals surface area contributed by atoms with Crippen LogP contribution in [0.25, 0.3) is 0 Å². The van der Waals surface area contributed by atoms with Crippen LogP contribution in [-0.2, 0) is 4.74 Å². The number of aliphatic hydroxyl groups is 1. The molecule has 2 atom stereocenters. The molecular weight excluding hydrogens is 280 g/mol. The van der Waals surface area contributed by atoms with Gasteiger partial charge < -0.3 is 14.6 Å². The molecule has 0 saturated carbocycles. The van der Waals surface area contributed by atoms with Crippen molar-refractivity contribution in [1.29, 1.82) is 0 Å². The summed E-state index contributed by atoms with van der Waals surface area (Å²) < 4.78 is 10.8. The maximum atomic E-state index is 10.3. The van der Waals surface area contributed by atoms with Crippen LogP contribution in [0.15, 0.2) is 24.3 Å². The monoisotopic (exact) mass is 308 g/mol. The van der Waals surface area contributed by atoms with Crippen LogP contribution in [-0.4, -0.2) is 74.6 Å². The fourth-order valence-corrected chi connectivity index (χ4v) is 2.88. The molecule has 22 heavy (non-hydrogen) atoms. The summed E-state index contributed by atoms with van der Waals surface area (Å²) in [6.45, 7) is 6.81. The maximum absolute atomic E-state index is 10.3. The Hall–Kier alpha value is -1.14. The zero-order valence-electron chi connectivity index (χ0n) is 13.9. The van der Waals surface area contributed by atoms with Gasteiger partial charge in [-0.25, -0.2) is 0 Å². The first-order chi connectivity index (χ1) is 10.6. The lowest BCUT2D eigenvalue weighted by atomic mass is 10.1. The van der Waals surface area contributed by atoms with Gasteiger partial charge in [-0.1, -0.05) is 18.2 Å². The van der Waals surface area contributed by atoms with Gasteiger partial charge in [-0.2, -0.15) is 0 Å². The number of likely N-dealkylation sites (N-methyl/N-ethyl adjacent to an activating group) is 1. The largest absolute Gasteiger partial charge is 0.496 e. The Morgan fingerprint density at radius 3 is 2.68 bits per heavy atom. The number of rotatable bonds is 7. The van der Waals surface area contributed by atoms with Gasteiger partial charge in [0.2, 0.25) is 0 Å². The van der Waals surface area contributed by atoms with Gasteiger partial charge in [0.15, 0.2) is 0 Å². The molecule has 124 valence electrons. The summed E-state index contributed by atoms with van der Waals surface area (Å²) in [6.07, 6.45) is -0.361. The van der Waals surface area contributed by atoms with Crippen LogP contribution in [0.4, 0.5) is 0 Å². The summed E-state index contributed by atoms with van der Waals surface area (Å²) in [5.74, 6) is 0.893. The van der Waals surface area contributed by atoms with E-state index in [1.54, 1.807) is 7.11 Å². The summed E-state index contributed by atoms with van der Waals surface area (Å²) >= 11 is 0. The van der Waals surface area contributed by atoms with Crippen molar-refractivity contribution in [3.8, 4) is 5.75 Å². The van der Waals surface area contributed by atoms with Crippen LogP contribution >= 0.6 is 0 Å². The molecule has 1 heterocycles. The van der Waals surface area contributed by atoms with E-state index in [1.807, 2.05) is 25.2 Å². The highest BCUT2D eigenvalue weighted by Crippen LogP contribution is 2.28. The minimum atomic E-state index is -0.361. The van der Waals surface area contributed by atoms with Crippen LogP contribution in [0.3, 0.4) is 0 Å². The normalized spacial score (nSPS) is 19.1. The van der Waals surface area contributed by atoms with E-state index in [2.05, 4.69) is 22.8 Å². The number of methoxy groups -OCH3 is 1. The van der Waals surface area contributed by atoms with E-state index < -0.39 is 0 Å². The summed E-state index contributed by atoms with van der Waals surface area (Å²) in [7, 11) is 3.73. The number of morpholine rings is 1. The van der Waals surface area contributed by atoms with Gasteiger partial charge >= 0.3 is 0 Å². The quantitative estimate of drug-likeness (QED) is 0.824. The second kappa shape index (κ2) is 8.48. The molecule has 0 spiro atoms. The lowest BCUT2D eigenvalue weighted by Gasteiger charge is -2.32. The minimum Gasteiger partial charge on any atom is -0.496 e. The smallest absolute Gasteiger partial charge is 0.123 e. The fourth-order valence-electron chi connectivity index (χ4n) is 2.88. The molecule has 5 heteroatoms. The highest BCUT2D eigenvalue weighted by molar-refractivity contribution is 5.35. The van der Waals surface area contributed by atoms with Crippen LogP contribution < -0.4 is 4.74 Å². The summed E-state index contributed by atoms with van der Waals surface area (Å²) in [6, 6.07) is 8.24. The summed E-state index contributed by atoms with van der Waals surface area (Å²) in [5.41, 5.74) is 1.14. The van der Waals surface area contributed by atoms with Crippen molar-refractivity contribution in [3.63, 3.8) is 0 Å². The van der Waals surface area contributed by atoms with E-state index in [0.717, 1.165) is 37.6 Å². The first-order valence-corrected chi connectivity index (χ1v) is 7.93. The van der Waals surface area contributed by atoms with Crippen molar-refractivity contribution >= 4 is 0 Å². The van der Waals surface area contributed by atoms with Crippen molar-refractivity contribution < 1.29 is 14.6 Å². The molecule has 1 aliphatic heterocycles. The maximum Gasteiger partial charge on any atom is 0.123 e. The SMILES string of the molecule is COc1ccccc1C(C)N(C)CC(O)CN1CCOCC1. The van der Waals surface area contributed by atoms with E-state index in [0.29, 0.717) is 13.1 Å². The Morgan fingerprint density at radius 1 is 1.32 bits per heavy atom. The lowest BCUT2D eigenvalue weighted by molar-refractivity contribution is 0.00619. The van der Waals surface area contributed by atoms with Gasteiger partial charge in [-0.15, -0.1) is 0 Å². The van der Waals surface area contributed by atoms with Gasteiger partial charge in [0.1, 0.15) is 5.75 Å². The molecule has 1 N–H and O–H groups in total. The molecule has 1 aliphatic rings. The van der Waals surface area contributed by atoms with E-state index in [1.165, 1.54) is 0 Å². The third kappa shape index (κ3) is 4.68. The number of aliphatic hydroxyl groups excluding tert-OH is 1. The first-order valence-electron chi connectivity index (χ1n) is 7.93. The molecule has 1 saturated heterocycles. The number of ether oxygens (including phenoxy) is 2. The Morgan fingerprint density at radius 2 is 2.00 bits per heavy atom. The number of nitrogens with zero attached hydrogens (tertiary/aromatic N) is 2. The highest BCUT2D eigenvalue weighted by Gasteiger charge is 2.20. The minimum absolute atomic E-state index is 0.190. The number of hydrogen-bond donors (Lipinski definition) is 1. The molecule has 0 aliphatic carbocycles. The summed E-state index contributed by atoms with van der Waals surface area (Å²) in [5, 5.41) is 10.3. The zero-order chi connectivity index (χ0) is 15.9. The van der Waals surface area contributed by atoms with Gasteiger partial charge in [0, 0.05) is 37.8 Å². The molecule has 1 fully saturated rings. The molecule has 2 unspecified atom stereocenters. The van der Waals surface area contributed by atoms with Gasteiger partial charge in [0.05, 0.1) is 26.4 Å².